The summed E-state index contributed by atoms with van der Waals surface area (Å²) in [5.41, 5.74) is 0. The molecule has 0 amide bonds. The average Bonchev–Trinajstić information content (AvgIpc) is 0.901. The van der Waals surface area contributed by atoms with E-state index in [-0.39, 0.29) is 25.7 Å². The van der Waals surface area contributed by atoms with Gasteiger partial charge in [-0.15, -0.1) is 0 Å². The van der Waals surface area contributed by atoms with Crippen molar-refractivity contribution in [3.8, 4) is 0 Å². The van der Waals surface area contributed by atoms with E-state index in [1.165, 1.54) is 263 Å². The average molecular weight is 1580 g/mol. The van der Waals surface area contributed by atoms with Crippen LogP contribution in [-0.2, 0) is 65.4 Å². The van der Waals surface area contributed by atoms with Gasteiger partial charge in [0.05, 0.1) is 26.4 Å². The van der Waals surface area contributed by atoms with E-state index in [4.69, 9.17) is 37.0 Å². The lowest BCUT2D eigenvalue weighted by atomic mass is 9.99. The van der Waals surface area contributed by atoms with Gasteiger partial charge >= 0.3 is 39.5 Å². The molecular weight excluding hydrogens is 1400 g/mol. The van der Waals surface area contributed by atoms with Crippen LogP contribution in [0.3, 0.4) is 0 Å². The highest BCUT2D eigenvalue weighted by molar-refractivity contribution is 7.47. The number of carbonyl (C=O) groups is 4. The fraction of sp³-hybridized carbons (Fsp3) is 0.955. The van der Waals surface area contributed by atoms with Crippen molar-refractivity contribution in [2.75, 3.05) is 39.6 Å². The number of aliphatic hydroxyl groups is 1. The van der Waals surface area contributed by atoms with Gasteiger partial charge in [-0.2, -0.15) is 0 Å². The van der Waals surface area contributed by atoms with Crippen LogP contribution in [0.1, 0.15) is 466 Å². The van der Waals surface area contributed by atoms with Gasteiger partial charge in [-0.05, 0) is 49.4 Å². The molecule has 0 spiro atoms. The molecule has 108 heavy (non-hydrogen) atoms. The highest BCUT2D eigenvalue weighted by Gasteiger charge is 2.31. The topological polar surface area (TPSA) is 237 Å². The van der Waals surface area contributed by atoms with Crippen LogP contribution in [0.4, 0.5) is 0 Å². The Morgan fingerprint density at radius 1 is 0.259 bits per heavy atom. The first-order valence-corrected chi connectivity index (χ1v) is 48.7. The molecule has 17 nitrogen and oxygen atoms in total. The molecule has 0 heterocycles. The summed E-state index contributed by atoms with van der Waals surface area (Å²) < 4.78 is 69.0. The molecular formula is C89H174O17P2. The van der Waals surface area contributed by atoms with Crippen molar-refractivity contribution in [3.05, 3.63) is 0 Å². The molecule has 6 atom stereocenters. The highest BCUT2D eigenvalue weighted by atomic mass is 31.2. The second-order valence-electron chi connectivity index (χ2n) is 33.7. The maximum Gasteiger partial charge on any atom is 0.472 e. The van der Waals surface area contributed by atoms with E-state index < -0.39 is 97.5 Å². The number of esters is 4. The summed E-state index contributed by atoms with van der Waals surface area (Å²) in [6.45, 7) is 14.4. The summed E-state index contributed by atoms with van der Waals surface area (Å²) in [6, 6.07) is 0. The second-order valence-corrected chi connectivity index (χ2v) is 36.6. The third-order valence-electron chi connectivity index (χ3n) is 21.2. The Balaban J connectivity index is 5.22. The van der Waals surface area contributed by atoms with Gasteiger partial charge < -0.3 is 33.8 Å². The number of hydrogen-bond acceptors (Lipinski definition) is 15. The van der Waals surface area contributed by atoms with Crippen LogP contribution >= 0.6 is 15.6 Å². The predicted molar refractivity (Wildman–Crippen MR) is 446 cm³/mol. The first-order chi connectivity index (χ1) is 52.1. The summed E-state index contributed by atoms with van der Waals surface area (Å²) in [4.78, 5) is 73.3. The van der Waals surface area contributed by atoms with Crippen molar-refractivity contribution in [1.82, 2.24) is 0 Å². The van der Waals surface area contributed by atoms with Gasteiger partial charge in [0.2, 0.25) is 0 Å². The summed E-state index contributed by atoms with van der Waals surface area (Å²) in [6.07, 6.45) is 68.1. The molecule has 3 N–H and O–H groups in total. The smallest absolute Gasteiger partial charge is 0.462 e. The Labute approximate surface area is 664 Å². The number of carbonyl (C=O) groups excluding carboxylic acids is 4. The van der Waals surface area contributed by atoms with E-state index >= 15 is 0 Å². The summed E-state index contributed by atoms with van der Waals surface area (Å²) in [7, 11) is -9.93. The zero-order valence-corrected chi connectivity index (χ0v) is 73.3. The molecule has 0 aliphatic heterocycles. The molecule has 0 aliphatic rings. The van der Waals surface area contributed by atoms with Crippen LogP contribution in [-0.4, -0.2) is 96.7 Å². The lowest BCUT2D eigenvalue weighted by Crippen LogP contribution is -2.30. The largest absolute Gasteiger partial charge is 0.472 e. The molecule has 0 saturated carbocycles. The first-order valence-electron chi connectivity index (χ1n) is 45.7. The van der Waals surface area contributed by atoms with E-state index in [0.717, 1.165) is 114 Å². The molecule has 0 aromatic carbocycles. The monoisotopic (exact) mass is 1580 g/mol. The molecule has 19 heteroatoms. The normalized spacial score (nSPS) is 14.1. The Morgan fingerprint density at radius 2 is 0.444 bits per heavy atom. The summed E-state index contributed by atoms with van der Waals surface area (Å²) in [5.74, 6) is 1.08. The van der Waals surface area contributed by atoms with Crippen molar-refractivity contribution in [2.24, 2.45) is 23.7 Å². The Bertz CT molecular complexity index is 2100. The molecule has 0 bridgehead atoms. The Morgan fingerprint density at radius 3 is 0.657 bits per heavy atom. The lowest BCUT2D eigenvalue weighted by molar-refractivity contribution is -0.161. The van der Waals surface area contributed by atoms with Gasteiger partial charge in [0.1, 0.15) is 19.3 Å². The summed E-state index contributed by atoms with van der Waals surface area (Å²) >= 11 is 0. The molecule has 0 fully saturated rings. The number of rotatable bonds is 86. The molecule has 0 aliphatic carbocycles. The molecule has 4 unspecified atom stereocenters. The van der Waals surface area contributed by atoms with Crippen LogP contribution in [0.25, 0.3) is 0 Å². The minimum absolute atomic E-state index is 0.107. The van der Waals surface area contributed by atoms with Crippen molar-refractivity contribution in [3.63, 3.8) is 0 Å². The first kappa shape index (κ1) is 106. The SMILES string of the molecule is CCC(C)CCCCCCCCCCCCCCCCC(=O)O[C@H](COC(=O)CCCCCCCCCCCCCCCCCCC(C)C)COP(=O)(O)OCC(O)COP(=O)(O)OC[C@@H](COC(=O)CCCCCCCCCC(C)C)OC(=O)CCCCCCCCCCCCCCCCCCCCC(C)C. The van der Waals surface area contributed by atoms with Crippen molar-refractivity contribution in [1.29, 1.82) is 0 Å². The maximum atomic E-state index is 13.2. The van der Waals surface area contributed by atoms with Gasteiger partial charge in [-0.25, -0.2) is 9.13 Å². The number of ether oxygens (including phenoxy) is 4. The van der Waals surface area contributed by atoms with Crippen LogP contribution < -0.4 is 0 Å². The Kier molecular flexibility index (Phi) is 76.2. The minimum Gasteiger partial charge on any atom is -0.462 e. The zero-order chi connectivity index (χ0) is 79.5. The number of hydrogen-bond donors (Lipinski definition) is 3. The van der Waals surface area contributed by atoms with Gasteiger partial charge in [-0.3, -0.25) is 37.3 Å². The van der Waals surface area contributed by atoms with Crippen molar-refractivity contribution >= 4 is 39.5 Å². The van der Waals surface area contributed by atoms with Crippen LogP contribution in [0.2, 0.25) is 0 Å². The van der Waals surface area contributed by atoms with Crippen molar-refractivity contribution in [2.45, 2.75) is 485 Å². The third-order valence-corrected chi connectivity index (χ3v) is 23.1. The lowest BCUT2D eigenvalue weighted by Gasteiger charge is -2.21. The molecule has 0 aromatic heterocycles. The number of aliphatic hydroxyl groups excluding tert-OH is 1. The third kappa shape index (κ3) is 80.7. The number of phosphoric ester groups is 2. The highest BCUT2D eigenvalue weighted by Crippen LogP contribution is 2.45. The molecule has 0 rings (SSSR count). The standard InChI is InChI=1S/C89H174O17P2/c1-9-82(8)68-60-52-44-36-30-24-20-21-27-33-39-47-56-64-72-88(93)105-84(75-99-86(91)69-61-53-45-37-31-25-18-15-14-17-23-29-35-42-50-58-66-80(4)5)77-103-107(95,96)101-73-83(90)74-102-108(97,98)104-78-85(76-100-87(92)70-62-54-48-40-43-51-59-67-81(6)7)106-89(94)71-63-55-46-38-32-26-19-13-11-10-12-16-22-28-34-41-49-57-65-79(2)3/h79-85,90H,9-78H2,1-8H3,(H,95,96)(H,97,98)/t82?,83?,84-,85-/m1/s1. The van der Waals surface area contributed by atoms with E-state index in [1.54, 1.807) is 0 Å². The summed E-state index contributed by atoms with van der Waals surface area (Å²) in [5, 5.41) is 10.7. The Hall–Kier alpha value is -1.94. The van der Waals surface area contributed by atoms with Crippen LogP contribution in [0.15, 0.2) is 0 Å². The minimum atomic E-state index is -4.97. The second kappa shape index (κ2) is 77.6. The van der Waals surface area contributed by atoms with E-state index in [9.17, 15) is 43.2 Å². The number of phosphoric acid groups is 2. The fourth-order valence-corrected chi connectivity index (χ4v) is 15.4. The predicted octanol–water partition coefficient (Wildman–Crippen LogP) is 27.1. The van der Waals surface area contributed by atoms with Crippen molar-refractivity contribution < 1.29 is 80.2 Å². The maximum absolute atomic E-state index is 13.2. The van der Waals surface area contributed by atoms with E-state index in [1.807, 2.05) is 0 Å². The van der Waals surface area contributed by atoms with Gasteiger partial charge in [0.15, 0.2) is 12.2 Å². The van der Waals surface area contributed by atoms with Crippen LogP contribution in [0, 0.1) is 23.7 Å². The van der Waals surface area contributed by atoms with E-state index in [2.05, 4.69) is 55.4 Å². The molecule has 0 aromatic rings. The molecule has 642 valence electrons. The molecule has 0 radical (unpaired) electrons. The van der Waals surface area contributed by atoms with E-state index in [0.29, 0.717) is 31.6 Å². The quantitative estimate of drug-likeness (QED) is 0.0222. The van der Waals surface area contributed by atoms with Gasteiger partial charge in [0, 0.05) is 25.7 Å². The fourth-order valence-electron chi connectivity index (χ4n) is 13.8. The van der Waals surface area contributed by atoms with Gasteiger partial charge in [0.25, 0.3) is 0 Å². The number of unbranched alkanes of at least 4 members (excludes halogenated alkanes) is 51. The van der Waals surface area contributed by atoms with Gasteiger partial charge in [-0.1, -0.05) is 415 Å². The molecule has 0 saturated heterocycles. The van der Waals surface area contributed by atoms with Crippen LogP contribution in [0.5, 0.6) is 0 Å². The zero-order valence-electron chi connectivity index (χ0n) is 71.5.